The Balaban J connectivity index is 4.04. The van der Waals surface area contributed by atoms with Gasteiger partial charge in [-0.15, -0.1) is 0 Å². The highest BCUT2D eigenvalue weighted by Gasteiger charge is 2.13. The molecule has 0 heterocycles. The smallest absolute Gasteiger partial charge is 0.248 e. The molecule has 0 bridgehead atoms. The SMILES string of the molecule is C/C=C(\C)C(=O)N(C)CCC(N)C(C)C. The van der Waals surface area contributed by atoms with E-state index in [0.717, 1.165) is 18.5 Å². The maximum atomic E-state index is 11.7. The molecule has 0 aliphatic rings. The molecule has 3 heteroatoms. The van der Waals surface area contributed by atoms with Crippen LogP contribution in [0.15, 0.2) is 11.6 Å². The van der Waals surface area contributed by atoms with E-state index in [1.165, 1.54) is 0 Å². The number of carbonyl (C=O) groups excluding carboxylic acids is 1. The summed E-state index contributed by atoms with van der Waals surface area (Å²) in [6, 6.07) is 0.172. The van der Waals surface area contributed by atoms with Crippen LogP contribution >= 0.6 is 0 Å². The van der Waals surface area contributed by atoms with Crippen LogP contribution in [-0.2, 0) is 4.79 Å². The molecule has 0 saturated heterocycles. The molecular formula is C12H24N2O. The van der Waals surface area contributed by atoms with E-state index < -0.39 is 0 Å². The molecule has 0 rings (SSSR count). The van der Waals surface area contributed by atoms with E-state index in [2.05, 4.69) is 13.8 Å². The first kappa shape index (κ1) is 14.2. The van der Waals surface area contributed by atoms with Crippen molar-refractivity contribution in [3.63, 3.8) is 0 Å². The van der Waals surface area contributed by atoms with Gasteiger partial charge in [-0.3, -0.25) is 4.79 Å². The molecule has 0 aliphatic heterocycles. The zero-order chi connectivity index (χ0) is 12.0. The molecule has 2 N–H and O–H groups in total. The van der Waals surface area contributed by atoms with Crippen LogP contribution in [0.4, 0.5) is 0 Å². The number of nitrogens with zero attached hydrogens (tertiary/aromatic N) is 1. The van der Waals surface area contributed by atoms with Crippen molar-refractivity contribution in [1.82, 2.24) is 4.90 Å². The molecule has 0 radical (unpaired) electrons. The Morgan fingerprint density at radius 2 is 2.00 bits per heavy atom. The lowest BCUT2D eigenvalue weighted by atomic mass is 10.0. The molecule has 0 aromatic heterocycles. The predicted octanol–water partition coefficient (Wildman–Crippen LogP) is 1.78. The first-order chi connectivity index (χ1) is 6.90. The van der Waals surface area contributed by atoms with E-state index >= 15 is 0 Å². The lowest BCUT2D eigenvalue weighted by molar-refractivity contribution is -0.125. The lowest BCUT2D eigenvalue weighted by Gasteiger charge is -2.21. The summed E-state index contributed by atoms with van der Waals surface area (Å²) in [5.74, 6) is 0.560. The summed E-state index contributed by atoms with van der Waals surface area (Å²) in [6.07, 6.45) is 2.69. The molecule has 1 atom stereocenters. The van der Waals surface area contributed by atoms with Gasteiger partial charge in [0.15, 0.2) is 0 Å². The second kappa shape index (κ2) is 6.62. The number of amides is 1. The molecule has 15 heavy (non-hydrogen) atoms. The van der Waals surface area contributed by atoms with Crippen molar-refractivity contribution in [3.8, 4) is 0 Å². The van der Waals surface area contributed by atoms with Gasteiger partial charge in [-0.1, -0.05) is 19.9 Å². The Kier molecular flexibility index (Phi) is 6.25. The van der Waals surface area contributed by atoms with Crippen molar-refractivity contribution >= 4 is 5.91 Å². The minimum Gasteiger partial charge on any atom is -0.342 e. The van der Waals surface area contributed by atoms with E-state index in [4.69, 9.17) is 5.73 Å². The monoisotopic (exact) mass is 212 g/mol. The zero-order valence-electron chi connectivity index (χ0n) is 10.6. The van der Waals surface area contributed by atoms with Gasteiger partial charge < -0.3 is 10.6 Å². The van der Waals surface area contributed by atoms with E-state index in [0.29, 0.717) is 5.92 Å². The number of likely N-dealkylation sites (N-methyl/N-ethyl adjacent to an activating group) is 1. The van der Waals surface area contributed by atoms with Crippen molar-refractivity contribution in [1.29, 1.82) is 0 Å². The topological polar surface area (TPSA) is 46.3 Å². The summed E-state index contributed by atoms with van der Waals surface area (Å²) in [5, 5.41) is 0. The maximum absolute atomic E-state index is 11.7. The zero-order valence-corrected chi connectivity index (χ0v) is 10.6. The minimum absolute atomic E-state index is 0.0912. The van der Waals surface area contributed by atoms with Crippen LogP contribution in [0.2, 0.25) is 0 Å². The van der Waals surface area contributed by atoms with Gasteiger partial charge >= 0.3 is 0 Å². The number of rotatable bonds is 5. The third kappa shape index (κ3) is 4.98. The second-order valence-electron chi connectivity index (χ2n) is 4.39. The van der Waals surface area contributed by atoms with Crippen LogP contribution in [0.25, 0.3) is 0 Å². The van der Waals surface area contributed by atoms with Crippen LogP contribution in [-0.4, -0.2) is 30.4 Å². The molecule has 0 spiro atoms. The molecule has 3 nitrogen and oxygen atoms in total. The Bertz CT molecular complexity index is 234. The highest BCUT2D eigenvalue weighted by atomic mass is 16.2. The van der Waals surface area contributed by atoms with Gasteiger partial charge in [-0.05, 0) is 26.2 Å². The Labute approximate surface area is 93.3 Å². The number of nitrogens with two attached hydrogens (primary N) is 1. The third-order valence-electron chi connectivity index (χ3n) is 2.77. The number of carbonyl (C=O) groups is 1. The summed E-state index contributed by atoms with van der Waals surface area (Å²) >= 11 is 0. The molecule has 88 valence electrons. The van der Waals surface area contributed by atoms with E-state index in [9.17, 15) is 4.79 Å². The molecule has 1 amide bonds. The van der Waals surface area contributed by atoms with Gasteiger partial charge in [-0.2, -0.15) is 0 Å². The predicted molar refractivity (Wildman–Crippen MR) is 64.5 cm³/mol. The first-order valence-corrected chi connectivity index (χ1v) is 5.54. The molecule has 0 fully saturated rings. The average Bonchev–Trinajstić information content (AvgIpc) is 2.22. The normalized spacial score (nSPS) is 14.2. The van der Waals surface area contributed by atoms with Crippen molar-refractivity contribution in [2.24, 2.45) is 11.7 Å². The van der Waals surface area contributed by atoms with Crippen LogP contribution < -0.4 is 5.73 Å². The number of hydrogen-bond donors (Lipinski definition) is 1. The van der Waals surface area contributed by atoms with Crippen molar-refractivity contribution in [2.45, 2.75) is 40.2 Å². The Morgan fingerprint density at radius 1 is 1.47 bits per heavy atom. The highest BCUT2D eigenvalue weighted by molar-refractivity contribution is 5.92. The largest absolute Gasteiger partial charge is 0.342 e. The van der Waals surface area contributed by atoms with Crippen LogP contribution in [0, 0.1) is 5.92 Å². The van der Waals surface area contributed by atoms with E-state index in [1.54, 1.807) is 4.90 Å². The van der Waals surface area contributed by atoms with Crippen LogP contribution in [0.1, 0.15) is 34.1 Å². The van der Waals surface area contributed by atoms with Gasteiger partial charge in [-0.25, -0.2) is 0 Å². The molecule has 1 unspecified atom stereocenters. The van der Waals surface area contributed by atoms with Crippen LogP contribution in [0.5, 0.6) is 0 Å². The molecule has 0 aromatic carbocycles. The van der Waals surface area contributed by atoms with E-state index in [1.807, 2.05) is 27.0 Å². The lowest BCUT2D eigenvalue weighted by Crippen LogP contribution is -2.34. The fourth-order valence-corrected chi connectivity index (χ4v) is 1.20. The van der Waals surface area contributed by atoms with Gasteiger partial charge in [0.1, 0.15) is 0 Å². The summed E-state index contributed by atoms with van der Waals surface area (Å²) in [5.41, 5.74) is 6.71. The fraction of sp³-hybridized carbons (Fsp3) is 0.750. The standard InChI is InChI=1S/C12H24N2O/c1-6-10(4)12(15)14(5)8-7-11(13)9(2)3/h6,9,11H,7-8,13H2,1-5H3/b10-6+. The van der Waals surface area contributed by atoms with Gasteiger partial charge in [0.2, 0.25) is 5.91 Å². The van der Waals surface area contributed by atoms with Crippen molar-refractivity contribution < 1.29 is 4.79 Å². The summed E-state index contributed by atoms with van der Waals surface area (Å²) < 4.78 is 0. The Hall–Kier alpha value is -0.830. The van der Waals surface area contributed by atoms with Gasteiger partial charge in [0.05, 0.1) is 0 Å². The number of allylic oxidation sites excluding steroid dienone is 1. The van der Waals surface area contributed by atoms with Gasteiger partial charge in [0, 0.05) is 25.2 Å². The molecule has 0 saturated carbocycles. The quantitative estimate of drug-likeness (QED) is 0.706. The Morgan fingerprint density at radius 3 is 2.40 bits per heavy atom. The highest BCUT2D eigenvalue weighted by Crippen LogP contribution is 2.05. The second-order valence-corrected chi connectivity index (χ2v) is 4.39. The van der Waals surface area contributed by atoms with E-state index in [-0.39, 0.29) is 11.9 Å². The average molecular weight is 212 g/mol. The summed E-state index contributed by atoms with van der Waals surface area (Å²) in [7, 11) is 1.82. The summed E-state index contributed by atoms with van der Waals surface area (Å²) in [6.45, 7) is 8.64. The van der Waals surface area contributed by atoms with Gasteiger partial charge in [0.25, 0.3) is 0 Å². The fourth-order valence-electron chi connectivity index (χ4n) is 1.20. The molecular weight excluding hydrogens is 188 g/mol. The number of hydrogen-bond acceptors (Lipinski definition) is 2. The van der Waals surface area contributed by atoms with Crippen LogP contribution in [0.3, 0.4) is 0 Å². The molecule has 0 aromatic rings. The first-order valence-electron chi connectivity index (χ1n) is 5.54. The molecule has 0 aliphatic carbocycles. The maximum Gasteiger partial charge on any atom is 0.248 e. The third-order valence-corrected chi connectivity index (χ3v) is 2.77. The minimum atomic E-state index is 0.0912. The van der Waals surface area contributed by atoms with Crippen molar-refractivity contribution in [3.05, 3.63) is 11.6 Å². The van der Waals surface area contributed by atoms with Crippen molar-refractivity contribution in [2.75, 3.05) is 13.6 Å². The summed E-state index contributed by atoms with van der Waals surface area (Å²) in [4.78, 5) is 13.4.